The molecule has 5 rings (SSSR count). The van der Waals surface area contributed by atoms with E-state index in [4.69, 9.17) is 17.0 Å². The number of anilines is 1. The Bertz CT molecular complexity index is 671. The minimum atomic E-state index is 0.606. The maximum atomic E-state index is 5.38. The van der Waals surface area contributed by atoms with Gasteiger partial charge in [0.25, 0.3) is 0 Å². The van der Waals surface area contributed by atoms with Crippen LogP contribution in [0.4, 0.5) is 5.95 Å². The number of fused-ring (bicyclic) bond motifs is 3. The van der Waals surface area contributed by atoms with Crippen molar-refractivity contribution in [2.45, 2.75) is 18.9 Å². The van der Waals surface area contributed by atoms with Crippen molar-refractivity contribution in [1.82, 2.24) is 30.4 Å². The zero-order chi connectivity index (χ0) is 20.8. The molecule has 5 heterocycles. The van der Waals surface area contributed by atoms with Crippen LogP contribution in [0.5, 0.6) is 0 Å². The average Bonchev–Trinajstić information content (AvgIpc) is 2.80. The maximum Gasteiger partial charge on any atom is 0.225 e. The van der Waals surface area contributed by atoms with Gasteiger partial charge in [0.05, 0.1) is 6.61 Å². The maximum absolute atomic E-state index is 5.38. The van der Waals surface area contributed by atoms with E-state index in [0.717, 1.165) is 62.2 Å². The number of aromatic nitrogens is 2. The lowest BCUT2D eigenvalue weighted by atomic mass is 9.75. The summed E-state index contributed by atoms with van der Waals surface area (Å²) in [7, 11) is 1.71. The predicted octanol–water partition coefficient (Wildman–Crippen LogP) is 0.420. The number of hydrogen-bond acceptors (Lipinski definition) is 7. The van der Waals surface area contributed by atoms with E-state index in [1.165, 1.54) is 32.5 Å². The van der Waals surface area contributed by atoms with Crippen LogP contribution in [0, 0.1) is 11.8 Å². The fraction of sp³-hybridized carbons (Fsp3) is 0.762. The Labute approximate surface area is 185 Å². The van der Waals surface area contributed by atoms with E-state index >= 15 is 0 Å². The van der Waals surface area contributed by atoms with Crippen molar-refractivity contribution in [1.29, 1.82) is 0 Å². The monoisotopic (exact) mass is 433 g/mol. The summed E-state index contributed by atoms with van der Waals surface area (Å²) >= 11 is 5.38. The summed E-state index contributed by atoms with van der Waals surface area (Å²) in [4.78, 5) is 16.4. The van der Waals surface area contributed by atoms with Crippen LogP contribution in [0.15, 0.2) is 18.5 Å². The number of ether oxygens (including phenoxy) is 1. The molecule has 0 saturated carbocycles. The molecule has 4 atom stereocenters. The molecule has 4 aliphatic rings. The van der Waals surface area contributed by atoms with Gasteiger partial charge in [0, 0.05) is 77.9 Å². The minimum absolute atomic E-state index is 0.606. The van der Waals surface area contributed by atoms with Crippen molar-refractivity contribution in [2.75, 3.05) is 77.5 Å². The number of methoxy groups -OCH3 is 1. The van der Waals surface area contributed by atoms with Gasteiger partial charge in [0.15, 0.2) is 5.11 Å². The quantitative estimate of drug-likeness (QED) is 0.448. The third kappa shape index (κ3) is 5.57. The minimum Gasteiger partial charge on any atom is -0.383 e. The van der Waals surface area contributed by atoms with Gasteiger partial charge in [-0.1, -0.05) is 0 Å². The first-order valence-electron chi connectivity index (χ1n) is 11.2. The van der Waals surface area contributed by atoms with E-state index in [9.17, 15) is 0 Å². The van der Waals surface area contributed by atoms with E-state index in [1.54, 1.807) is 7.11 Å². The third-order valence-corrected chi connectivity index (χ3v) is 7.09. The van der Waals surface area contributed by atoms with Gasteiger partial charge in [0.1, 0.15) is 0 Å². The fourth-order valence-corrected chi connectivity index (χ4v) is 5.31. The third-order valence-electron chi connectivity index (χ3n) is 6.80. The summed E-state index contributed by atoms with van der Waals surface area (Å²) < 4.78 is 5.06. The lowest BCUT2D eigenvalue weighted by molar-refractivity contribution is -0.0110. The van der Waals surface area contributed by atoms with E-state index in [-0.39, 0.29) is 0 Å². The molecular weight excluding hydrogens is 398 g/mol. The van der Waals surface area contributed by atoms with Gasteiger partial charge in [0.2, 0.25) is 5.95 Å². The molecule has 0 radical (unpaired) electrons. The highest BCUT2D eigenvalue weighted by atomic mass is 32.1. The summed E-state index contributed by atoms with van der Waals surface area (Å²) in [5.74, 6) is 2.50. The summed E-state index contributed by atoms with van der Waals surface area (Å²) in [6.45, 7) is 10.3. The van der Waals surface area contributed by atoms with E-state index < -0.39 is 0 Å². The zero-order valence-corrected chi connectivity index (χ0v) is 18.8. The summed E-state index contributed by atoms with van der Waals surface area (Å²) in [5, 5.41) is 7.35. The highest BCUT2D eigenvalue weighted by Gasteiger charge is 2.40. The van der Waals surface area contributed by atoms with E-state index in [2.05, 4.69) is 35.3 Å². The number of thiocarbonyl (C=S) groups is 1. The van der Waals surface area contributed by atoms with Gasteiger partial charge in [-0.05, 0) is 49.5 Å². The number of rotatable bonds is 8. The van der Waals surface area contributed by atoms with Crippen LogP contribution in [-0.4, -0.2) is 104 Å². The molecule has 4 aliphatic heterocycles. The summed E-state index contributed by atoms with van der Waals surface area (Å²) in [5.41, 5.74) is 0. The zero-order valence-electron chi connectivity index (χ0n) is 18.0. The molecule has 0 aromatic carbocycles. The van der Waals surface area contributed by atoms with Crippen LogP contribution >= 0.6 is 12.2 Å². The first-order chi connectivity index (χ1) is 14.7. The highest BCUT2D eigenvalue weighted by Crippen LogP contribution is 2.36. The first-order valence-corrected chi connectivity index (χ1v) is 11.6. The Kier molecular flexibility index (Phi) is 7.70. The molecule has 9 heteroatoms. The molecule has 0 amide bonds. The van der Waals surface area contributed by atoms with Crippen molar-refractivity contribution in [2.24, 2.45) is 11.8 Å². The van der Waals surface area contributed by atoms with Gasteiger partial charge < -0.3 is 20.3 Å². The molecule has 2 N–H and O–H groups in total. The van der Waals surface area contributed by atoms with Gasteiger partial charge in [-0.3, -0.25) is 9.80 Å². The first kappa shape index (κ1) is 21.7. The molecule has 2 bridgehead atoms. The molecule has 166 valence electrons. The number of nitrogens with zero attached hydrogens (tertiary/aromatic N) is 5. The van der Waals surface area contributed by atoms with Crippen LogP contribution in [0.1, 0.15) is 12.8 Å². The normalized spacial score (nSPS) is 29.0. The van der Waals surface area contributed by atoms with Crippen LogP contribution in [0.3, 0.4) is 0 Å². The van der Waals surface area contributed by atoms with Crippen molar-refractivity contribution >= 4 is 23.3 Å². The molecule has 8 nitrogen and oxygen atoms in total. The molecular formula is C21H35N7OS. The molecule has 0 aliphatic carbocycles. The van der Waals surface area contributed by atoms with Gasteiger partial charge in [-0.25, -0.2) is 9.97 Å². The van der Waals surface area contributed by atoms with Crippen molar-refractivity contribution in [3.63, 3.8) is 0 Å². The highest BCUT2D eigenvalue weighted by molar-refractivity contribution is 7.80. The smallest absolute Gasteiger partial charge is 0.225 e. The number of piperidine rings is 3. The second-order valence-electron chi connectivity index (χ2n) is 8.66. The second kappa shape index (κ2) is 10.7. The van der Waals surface area contributed by atoms with Crippen LogP contribution in [0.25, 0.3) is 0 Å². The molecule has 4 fully saturated rings. The Balaban J connectivity index is 1.19. The topological polar surface area (TPSA) is 68.8 Å². The molecule has 1 aromatic heterocycles. The van der Waals surface area contributed by atoms with Gasteiger partial charge in [-0.2, -0.15) is 0 Å². The standard InChI is InChI=1S/C21H35N7OS/c1-29-12-6-24-21(30)25-14-19-13-17-3-7-28(19)16-18(17)15-26-8-10-27(11-9-26)20-22-4-2-5-23-20/h2,4-5,17-19H,3,6-16H2,1H3,(H2,24,25,30)/t17-,18+,19+/m1/s1. The van der Waals surface area contributed by atoms with Crippen molar-refractivity contribution in [3.05, 3.63) is 18.5 Å². The molecule has 4 saturated heterocycles. The molecule has 1 unspecified atom stereocenters. The second-order valence-corrected chi connectivity index (χ2v) is 9.07. The van der Waals surface area contributed by atoms with Crippen LogP contribution < -0.4 is 15.5 Å². The molecule has 0 spiro atoms. The SMILES string of the molecule is COCCNC(=S)NC[C@@H]1C[C@H]2CCN1C[C@@H]2CN1CCN(c2ncccn2)CC1. The van der Waals surface area contributed by atoms with Crippen LogP contribution in [0.2, 0.25) is 0 Å². The van der Waals surface area contributed by atoms with Crippen LogP contribution in [-0.2, 0) is 4.74 Å². The number of piperazine rings is 1. The molecule has 1 aromatic rings. The fourth-order valence-electron chi connectivity index (χ4n) is 5.12. The Morgan fingerprint density at radius 2 is 1.97 bits per heavy atom. The Morgan fingerprint density at radius 3 is 2.67 bits per heavy atom. The summed E-state index contributed by atoms with van der Waals surface area (Å²) in [6, 6.07) is 2.48. The predicted molar refractivity (Wildman–Crippen MR) is 123 cm³/mol. The largest absolute Gasteiger partial charge is 0.383 e. The molecule has 30 heavy (non-hydrogen) atoms. The van der Waals surface area contributed by atoms with Gasteiger partial charge >= 0.3 is 0 Å². The van der Waals surface area contributed by atoms with E-state index in [0.29, 0.717) is 12.6 Å². The lowest BCUT2D eigenvalue weighted by Gasteiger charge is -2.51. The summed E-state index contributed by atoms with van der Waals surface area (Å²) in [6.07, 6.45) is 6.29. The lowest BCUT2D eigenvalue weighted by Crippen LogP contribution is -2.59. The number of nitrogens with one attached hydrogen (secondary N) is 2. The van der Waals surface area contributed by atoms with Gasteiger partial charge in [-0.15, -0.1) is 0 Å². The van der Waals surface area contributed by atoms with Crippen molar-refractivity contribution in [3.8, 4) is 0 Å². The Hall–Kier alpha value is -1.55. The van der Waals surface area contributed by atoms with E-state index in [1.807, 2.05) is 18.5 Å². The average molecular weight is 434 g/mol. The Morgan fingerprint density at radius 1 is 1.17 bits per heavy atom. The van der Waals surface area contributed by atoms with Crippen molar-refractivity contribution < 1.29 is 4.74 Å². The number of hydrogen-bond donors (Lipinski definition) is 2.